The van der Waals surface area contributed by atoms with Crippen LogP contribution >= 0.6 is 0 Å². The van der Waals surface area contributed by atoms with Gasteiger partial charge in [-0.3, -0.25) is 14.3 Å². The zero-order valence-electron chi connectivity index (χ0n) is 18.6. The van der Waals surface area contributed by atoms with Gasteiger partial charge in [0.15, 0.2) is 24.6 Å². The number of hydrogen-bond acceptors (Lipinski definition) is 5. The van der Waals surface area contributed by atoms with Gasteiger partial charge in [-0.15, -0.1) is 0 Å². The van der Waals surface area contributed by atoms with Crippen LogP contribution in [0, 0.1) is 13.8 Å². The first kappa shape index (κ1) is 23.2. The molecule has 2 aromatic rings. The van der Waals surface area contributed by atoms with Gasteiger partial charge in [-0.2, -0.15) is 5.10 Å². The van der Waals surface area contributed by atoms with Crippen molar-refractivity contribution in [1.29, 1.82) is 0 Å². The van der Waals surface area contributed by atoms with Crippen LogP contribution in [0.15, 0.2) is 18.2 Å². The van der Waals surface area contributed by atoms with E-state index in [9.17, 15) is 9.59 Å². The topological polar surface area (TPSA) is 98.9 Å². The molecule has 0 aliphatic rings. The van der Waals surface area contributed by atoms with E-state index < -0.39 is 0 Å². The highest BCUT2D eigenvalue weighted by Gasteiger charge is 2.18. The lowest BCUT2D eigenvalue weighted by atomic mass is 10.2. The smallest absolute Gasteiger partial charge is 0.279 e. The van der Waals surface area contributed by atoms with E-state index in [0.717, 1.165) is 22.0 Å². The molecular weight excluding hydrogens is 386 g/mol. The van der Waals surface area contributed by atoms with Crippen LogP contribution in [0.3, 0.4) is 0 Å². The largest absolute Gasteiger partial charge is 0.490 e. The Morgan fingerprint density at radius 3 is 2.20 bits per heavy atom. The zero-order chi connectivity index (χ0) is 22.3. The van der Waals surface area contributed by atoms with Crippen molar-refractivity contribution in [3.05, 3.63) is 29.6 Å². The molecule has 2 rings (SSSR count). The van der Waals surface area contributed by atoms with Gasteiger partial charge in [0.2, 0.25) is 0 Å². The molecule has 3 N–H and O–H groups in total. The van der Waals surface area contributed by atoms with Crippen molar-refractivity contribution in [3.63, 3.8) is 0 Å². The van der Waals surface area contributed by atoms with E-state index in [0.29, 0.717) is 30.4 Å². The van der Waals surface area contributed by atoms with Crippen LogP contribution in [-0.4, -0.2) is 54.9 Å². The highest BCUT2D eigenvalue weighted by atomic mass is 16.5. The molecule has 0 bridgehead atoms. The highest BCUT2D eigenvalue weighted by molar-refractivity contribution is 5.94. The summed E-state index contributed by atoms with van der Waals surface area (Å²) in [6.07, 6.45) is 0. The van der Waals surface area contributed by atoms with Gasteiger partial charge >= 0.3 is 0 Å². The summed E-state index contributed by atoms with van der Waals surface area (Å²) in [7, 11) is 3.63. The van der Waals surface area contributed by atoms with E-state index in [1.54, 1.807) is 29.9 Å². The van der Waals surface area contributed by atoms with Crippen LogP contribution in [0.4, 0.5) is 11.4 Å². The quantitative estimate of drug-likeness (QED) is 0.533. The molecule has 0 aliphatic heterocycles. The van der Waals surface area contributed by atoms with E-state index in [1.165, 1.54) is 0 Å². The van der Waals surface area contributed by atoms with Gasteiger partial charge in [-0.1, -0.05) is 0 Å². The average Bonchev–Trinajstić information content (AvgIpc) is 2.90. The first-order valence-corrected chi connectivity index (χ1v) is 10.1. The molecule has 0 saturated heterocycles. The molecule has 0 saturated carbocycles. The molecule has 164 valence electrons. The number of anilines is 2. The van der Waals surface area contributed by atoms with Crippen molar-refractivity contribution in [2.75, 3.05) is 44.0 Å². The average molecular weight is 419 g/mol. The van der Waals surface area contributed by atoms with E-state index in [-0.39, 0.29) is 24.9 Å². The lowest BCUT2D eigenvalue weighted by Gasteiger charge is -2.15. The number of carbonyl (C=O) groups excluding carboxylic acids is 2. The predicted molar refractivity (Wildman–Crippen MR) is 115 cm³/mol. The number of amides is 2. The predicted octanol–water partition coefficient (Wildman–Crippen LogP) is 0.926. The second kappa shape index (κ2) is 10.6. The van der Waals surface area contributed by atoms with Crippen LogP contribution in [0.25, 0.3) is 0 Å². The summed E-state index contributed by atoms with van der Waals surface area (Å²) < 4.78 is 12.8. The Balaban J connectivity index is 1.91. The summed E-state index contributed by atoms with van der Waals surface area (Å²) in [5.74, 6) is 0.858. The van der Waals surface area contributed by atoms with Gasteiger partial charge in [0.05, 0.1) is 37.3 Å². The number of quaternary nitrogens is 1. The van der Waals surface area contributed by atoms with Crippen molar-refractivity contribution in [3.8, 4) is 11.5 Å². The number of likely N-dealkylation sites (N-methyl/N-ethyl adjacent to an activating group) is 1. The molecule has 0 spiro atoms. The number of nitrogens with zero attached hydrogens (tertiary/aromatic N) is 2. The molecular formula is C21H32N5O4+. The Kier molecular flexibility index (Phi) is 8.23. The summed E-state index contributed by atoms with van der Waals surface area (Å²) in [6.45, 7) is 8.86. The minimum absolute atomic E-state index is 0.148. The Morgan fingerprint density at radius 1 is 1.03 bits per heavy atom. The van der Waals surface area contributed by atoms with Gasteiger partial charge in [0.25, 0.3) is 11.8 Å². The van der Waals surface area contributed by atoms with Crippen LogP contribution in [0.2, 0.25) is 0 Å². The molecule has 1 unspecified atom stereocenters. The minimum Gasteiger partial charge on any atom is -0.490 e. The first-order valence-electron chi connectivity index (χ1n) is 10.1. The monoisotopic (exact) mass is 418 g/mol. The van der Waals surface area contributed by atoms with Crippen molar-refractivity contribution >= 4 is 23.2 Å². The van der Waals surface area contributed by atoms with E-state index in [2.05, 4.69) is 15.7 Å². The maximum atomic E-state index is 12.4. The van der Waals surface area contributed by atoms with Gasteiger partial charge in [0.1, 0.15) is 0 Å². The Morgan fingerprint density at radius 2 is 1.63 bits per heavy atom. The molecule has 1 atom stereocenters. The van der Waals surface area contributed by atoms with E-state index >= 15 is 0 Å². The molecule has 9 nitrogen and oxygen atoms in total. The van der Waals surface area contributed by atoms with Crippen molar-refractivity contribution < 1.29 is 24.0 Å². The van der Waals surface area contributed by atoms with Gasteiger partial charge in [-0.05, 0) is 39.8 Å². The first-order chi connectivity index (χ1) is 14.2. The maximum Gasteiger partial charge on any atom is 0.279 e. The highest BCUT2D eigenvalue weighted by Crippen LogP contribution is 2.30. The summed E-state index contributed by atoms with van der Waals surface area (Å²) >= 11 is 0. The van der Waals surface area contributed by atoms with Crippen LogP contribution in [-0.2, 0) is 16.6 Å². The number of aryl methyl sites for hydroxylation is 2. The summed E-state index contributed by atoms with van der Waals surface area (Å²) in [5.41, 5.74) is 2.99. The number of ether oxygens (including phenoxy) is 2. The van der Waals surface area contributed by atoms with Crippen LogP contribution < -0.4 is 25.0 Å². The third-order valence-corrected chi connectivity index (χ3v) is 4.53. The molecule has 1 heterocycles. The Hall–Kier alpha value is -3.07. The van der Waals surface area contributed by atoms with Crippen molar-refractivity contribution in [2.45, 2.75) is 27.7 Å². The summed E-state index contributed by atoms with van der Waals surface area (Å²) in [5, 5.41) is 10.0. The van der Waals surface area contributed by atoms with E-state index in [4.69, 9.17) is 9.47 Å². The number of carbonyl (C=O) groups is 2. The Labute approximate surface area is 177 Å². The van der Waals surface area contributed by atoms with Crippen LogP contribution in [0.1, 0.15) is 25.2 Å². The van der Waals surface area contributed by atoms with Crippen LogP contribution in [0.5, 0.6) is 11.5 Å². The lowest BCUT2D eigenvalue weighted by Crippen LogP contribution is -3.11. The second-order valence-corrected chi connectivity index (χ2v) is 7.10. The number of aromatic nitrogens is 2. The number of nitrogens with one attached hydrogen (secondary N) is 3. The number of rotatable bonds is 10. The third-order valence-electron chi connectivity index (χ3n) is 4.53. The fraction of sp³-hybridized carbons (Fsp3) is 0.476. The molecule has 30 heavy (non-hydrogen) atoms. The van der Waals surface area contributed by atoms with Crippen molar-refractivity contribution in [2.24, 2.45) is 7.05 Å². The van der Waals surface area contributed by atoms with Gasteiger partial charge in [0, 0.05) is 18.8 Å². The second-order valence-electron chi connectivity index (χ2n) is 7.10. The number of hydrogen-bond donors (Lipinski definition) is 3. The van der Waals surface area contributed by atoms with Crippen molar-refractivity contribution in [1.82, 2.24) is 9.78 Å². The molecule has 9 heteroatoms. The zero-order valence-corrected chi connectivity index (χ0v) is 18.6. The Bertz CT molecular complexity index is 894. The standard InChI is InChI=1S/C21H31N5O4/c1-7-29-17-10-9-16(11-18(17)30-8-2)22-19(27)12-25(5)13-20(28)23-21-14(3)24-26(6)15(21)4/h9-11H,7-8,12-13H2,1-6H3,(H,22,27)(H,23,28)/p+1. The maximum absolute atomic E-state index is 12.4. The van der Waals surface area contributed by atoms with Gasteiger partial charge < -0.3 is 25.0 Å². The normalized spacial score (nSPS) is 11.7. The fourth-order valence-corrected chi connectivity index (χ4v) is 3.08. The minimum atomic E-state index is -0.194. The molecule has 0 aliphatic carbocycles. The molecule has 0 fully saturated rings. The van der Waals surface area contributed by atoms with E-state index in [1.807, 2.05) is 34.7 Å². The summed E-state index contributed by atoms with van der Waals surface area (Å²) in [4.78, 5) is 25.5. The number of benzene rings is 1. The SMILES string of the molecule is CCOc1ccc(NC(=O)C[NH+](C)CC(=O)Nc2c(C)nn(C)c2C)cc1OCC. The molecule has 1 aromatic heterocycles. The fourth-order valence-electron chi connectivity index (χ4n) is 3.08. The molecule has 0 radical (unpaired) electrons. The third kappa shape index (κ3) is 6.21. The van der Waals surface area contributed by atoms with Gasteiger partial charge in [-0.25, -0.2) is 0 Å². The molecule has 1 aromatic carbocycles. The summed E-state index contributed by atoms with van der Waals surface area (Å²) in [6, 6.07) is 5.27. The molecule has 2 amide bonds. The lowest BCUT2D eigenvalue weighted by molar-refractivity contribution is -0.862.